The van der Waals surface area contributed by atoms with Crippen molar-refractivity contribution in [2.45, 2.75) is 63.7 Å². The van der Waals surface area contributed by atoms with Gasteiger partial charge < -0.3 is 10.3 Å². The number of aliphatic carboxylic acids is 1. The number of halogens is 1. The van der Waals surface area contributed by atoms with Crippen LogP contribution in [0.25, 0.3) is 0 Å². The number of unbranched alkanes of at least 4 members (excludes halogenated alkanes) is 2. The highest BCUT2D eigenvalue weighted by Gasteiger charge is 2.17. The molecule has 0 amide bonds. The lowest BCUT2D eigenvalue weighted by molar-refractivity contribution is -0.137. The molecule has 17 heavy (non-hydrogen) atoms. The topological polar surface area (TPSA) is 69.9 Å². The molecule has 1 fully saturated rings. The molecule has 5 heteroatoms. The van der Waals surface area contributed by atoms with Crippen LogP contribution >= 0.6 is 11.6 Å². The second kappa shape index (κ2) is 10.4. The van der Waals surface area contributed by atoms with E-state index in [2.05, 4.69) is 12.1 Å². The summed E-state index contributed by atoms with van der Waals surface area (Å²) in [5.74, 6) is -0.682. The number of carboxylic acid groups (broad SMARTS) is 1. The molecule has 0 radical (unpaired) electrons. The van der Waals surface area contributed by atoms with Crippen molar-refractivity contribution in [3.05, 3.63) is 0 Å². The molecular formula is C12H22ClNO3. The van der Waals surface area contributed by atoms with Crippen LogP contribution in [0.2, 0.25) is 0 Å². The lowest BCUT2D eigenvalue weighted by Gasteiger charge is -2.15. The zero-order valence-electron chi connectivity index (χ0n) is 10.4. The van der Waals surface area contributed by atoms with Crippen molar-refractivity contribution in [2.75, 3.05) is 0 Å². The summed E-state index contributed by atoms with van der Waals surface area (Å²) in [5, 5.41) is 19.6. The molecule has 0 saturated heterocycles. The molecule has 1 aliphatic carbocycles. The maximum Gasteiger partial charge on any atom is 0.303 e. The highest BCUT2D eigenvalue weighted by molar-refractivity contribution is 6.32. The summed E-state index contributed by atoms with van der Waals surface area (Å²) in [6.45, 7) is 2.06. The Labute approximate surface area is 108 Å². The van der Waals surface area contributed by atoms with Crippen LogP contribution in [0.5, 0.6) is 0 Å². The second-order valence-electron chi connectivity index (χ2n) is 4.16. The van der Waals surface area contributed by atoms with E-state index in [1.54, 1.807) is 0 Å². The molecule has 4 nitrogen and oxygen atoms in total. The molecule has 1 saturated carbocycles. The van der Waals surface area contributed by atoms with E-state index in [1.807, 2.05) is 0 Å². The van der Waals surface area contributed by atoms with Crippen LogP contribution in [-0.2, 0) is 4.79 Å². The van der Waals surface area contributed by atoms with E-state index in [0.717, 1.165) is 50.7 Å². The third kappa shape index (κ3) is 8.98. The minimum Gasteiger partial charge on any atom is -0.481 e. The van der Waals surface area contributed by atoms with E-state index < -0.39 is 5.97 Å². The Bertz CT molecular complexity index is 244. The molecule has 1 unspecified atom stereocenters. The van der Waals surface area contributed by atoms with Gasteiger partial charge in [0.2, 0.25) is 0 Å². The first-order valence-electron chi connectivity index (χ1n) is 6.18. The number of oxime groups is 1. The second-order valence-corrected chi connectivity index (χ2v) is 4.68. The smallest absolute Gasteiger partial charge is 0.303 e. The minimum absolute atomic E-state index is 0.0104. The van der Waals surface area contributed by atoms with E-state index in [0.29, 0.717) is 6.42 Å². The molecule has 0 bridgehead atoms. The Kier molecular flexibility index (Phi) is 9.92. The lowest BCUT2D eigenvalue weighted by Crippen LogP contribution is -2.18. The SMILES string of the molecule is CCCCCC(=O)O.ON=C1CCCCC1Cl. The largest absolute Gasteiger partial charge is 0.481 e. The summed E-state index contributed by atoms with van der Waals surface area (Å²) in [7, 11) is 0. The van der Waals surface area contributed by atoms with Gasteiger partial charge in [-0.05, 0) is 25.7 Å². The van der Waals surface area contributed by atoms with Crippen molar-refractivity contribution < 1.29 is 15.1 Å². The molecule has 0 aliphatic heterocycles. The van der Waals surface area contributed by atoms with Gasteiger partial charge in [-0.15, -0.1) is 11.6 Å². The number of rotatable bonds is 4. The Balaban J connectivity index is 0.000000304. The number of nitrogens with zero attached hydrogens (tertiary/aromatic N) is 1. The summed E-state index contributed by atoms with van der Waals surface area (Å²) in [6, 6.07) is 0. The molecule has 2 N–H and O–H groups in total. The monoisotopic (exact) mass is 263 g/mol. The molecule has 0 aromatic rings. The van der Waals surface area contributed by atoms with Crippen LogP contribution in [0, 0.1) is 0 Å². The standard InChI is InChI=1S/C6H10ClNO.C6H12O2/c7-5-3-1-2-4-6(5)8-9;1-2-3-4-5-6(7)8/h5,9H,1-4H2;2-5H2,1H3,(H,7,8). The van der Waals surface area contributed by atoms with Gasteiger partial charge in [0, 0.05) is 6.42 Å². The first-order valence-corrected chi connectivity index (χ1v) is 6.62. The Morgan fingerprint density at radius 1 is 1.47 bits per heavy atom. The van der Waals surface area contributed by atoms with Crippen molar-refractivity contribution in [1.29, 1.82) is 0 Å². The molecule has 1 rings (SSSR count). The lowest BCUT2D eigenvalue weighted by atomic mass is 9.98. The first-order chi connectivity index (χ1) is 8.11. The molecule has 100 valence electrons. The van der Waals surface area contributed by atoms with E-state index in [9.17, 15) is 4.79 Å². The van der Waals surface area contributed by atoms with Crippen molar-refractivity contribution in [3.8, 4) is 0 Å². The average Bonchev–Trinajstić information content (AvgIpc) is 2.30. The molecular weight excluding hydrogens is 242 g/mol. The summed E-state index contributed by atoms with van der Waals surface area (Å²) in [6.07, 6.45) is 7.38. The molecule has 0 heterocycles. The molecule has 0 aromatic carbocycles. The van der Waals surface area contributed by atoms with Crippen molar-refractivity contribution in [2.24, 2.45) is 5.16 Å². The van der Waals surface area contributed by atoms with Crippen molar-refractivity contribution >= 4 is 23.3 Å². The number of alkyl halides is 1. The van der Waals surface area contributed by atoms with Gasteiger partial charge in [-0.2, -0.15) is 0 Å². The maximum absolute atomic E-state index is 9.87. The molecule has 1 aliphatic rings. The predicted octanol–water partition coefficient (Wildman–Crippen LogP) is 3.65. The molecule has 0 aromatic heterocycles. The summed E-state index contributed by atoms with van der Waals surface area (Å²) in [4.78, 5) is 9.87. The number of hydrogen-bond donors (Lipinski definition) is 2. The van der Waals surface area contributed by atoms with E-state index in [4.69, 9.17) is 21.9 Å². The number of carbonyl (C=O) groups is 1. The Morgan fingerprint density at radius 2 is 2.18 bits per heavy atom. The quantitative estimate of drug-likeness (QED) is 0.352. The first kappa shape index (κ1) is 16.2. The van der Waals surface area contributed by atoms with E-state index in [-0.39, 0.29) is 5.38 Å². The third-order valence-corrected chi connectivity index (χ3v) is 3.09. The molecule has 1 atom stereocenters. The van der Waals surface area contributed by atoms with Crippen LogP contribution < -0.4 is 0 Å². The number of hydrogen-bond acceptors (Lipinski definition) is 3. The van der Waals surface area contributed by atoms with Crippen molar-refractivity contribution in [3.63, 3.8) is 0 Å². The van der Waals surface area contributed by atoms with Gasteiger partial charge in [0.25, 0.3) is 0 Å². The third-order valence-electron chi connectivity index (χ3n) is 2.62. The summed E-state index contributed by atoms with van der Waals surface area (Å²) >= 11 is 5.79. The highest BCUT2D eigenvalue weighted by Crippen LogP contribution is 2.19. The fourth-order valence-corrected chi connectivity index (χ4v) is 1.90. The average molecular weight is 264 g/mol. The Hall–Kier alpha value is -0.770. The summed E-state index contributed by atoms with van der Waals surface area (Å²) in [5.41, 5.74) is 0.753. The normalized spacial score (nSPS) is 21.8. The van der Waals surface area contributed by atoms with Crippen LogP contribution in [0.3, 0.4) is 0 Å². The van der Waals surface area contributed by atoms with Crippen LogP contribution in [0.1, 0.15) is 58.3 Å². The van der Waals surface area contributed by atoms with E-state index in [1.165, 1.54) is 0 Å². The van der Waals surface area contributed by atoms with Gasteiger partial charge in [0.05, 0.1) is 11.1 Å². The van der Waals surface area contributed by atoms with Gasteiger partial charge in [0.1, 0.15) is 0 Å². The fourth-order valence-electron chi connectivity index (χ4n) is 1.59. The van der Waals surface area contributed by atoms with Crippen LogP contribution in [-0.4, -0.2) is 27.4 Å². The van der Waals surface area contributed by atoms with Crippen molar-refractivity contribution in [1.82, 2.24) is 0 Å². The molecule has 0 spiro atoms. The zero-order valence-corrected chi connectivity index (χ0v) is 11.1. The van der Waals surface area contributed by atoms with Crippen LogP contribution in [0.4, 0.5) is 0 Å². The Morgan fingerprint density at radius 3 is 2.59 bits per heavy atom. The zero-order chi connectivity index (χ0) is 13.1. The van der Waals surface area contributed by atoms with Crippen LogP contribution in [0.15, 0.2) is 5.16 Å². The van der Waals surface area contributed by atoms with Gasteiger partial charge in [-0.1, -0.05) is 31.3 Å². The summed E-state index contributed by atoms with van der Waals surface area (Å²) < 4.78 is 0. The highest BCUT2D eigenvalue weighted by atomic mass is 35.5. The predicted molar refractivity (Wildman–Crippen MR) is 69.1 cm³/mol. The maximum atomic E-state index is 9.87. The fraction of sp³-hybridized carbons (Fsp3) is 0.833. The van der Waals surface area contributed by atoms with Gasteiger partial charge >= 0.3 is 5.97 Å². The van der Waals surface area contributed by atoms with Gasteiger partial charge in [-0.25, -0.2) is 0 Å². The van der Waals surface area contributed by atoms with Gasteiger partial charge in [0.15, 0.2) is 0 Å². The minimum atomic E-state index is -0.682. The van der Waals surface area contributed by atoms with Gasteiger partial charge in [-0.3, -0.25) is 4.79 Å². The number of carboxylic acids is 1. The van der Waals surface area contributed by atoms with E-state index >= 15 is 0 Å².